The summed E-state index contributed by atoms with van der Waals surface area (Å²) in [6.45, 7) is 5.94. The number of rotatable bonds is 9. The number of nitrogens with zero attached hydrogens (tertiary/aromatic N) is 4. The monoisotopic (exact) mass is 551 g/mol. The van der Waals surface area contributed by atoms with Gasteiger partial charge in [0.15, 0.2) is 9.84 Å². The van der Waals surface area contributed by atoms with Crippen molar-refractivity contribution in [1.82, 2.24) is 25.2 Å². The quantitative estimate of drug-likeness (QED) is 0.457. The van der Waals surface area contributed by atoms with Gasteiger partial charge in [0.1, 0.15) is 12.1 Å². The molecule has 2 aromatic rings. The molecule has 37 heavy (non-hydrogen) atoms. The van der Waals surface area contributed by atoms with Crippen LogP contribution in [0.2, 0.25) is 5.02 Å². The van der Waals surface area contributed by atoms with Crippen molar-refractivity contribution in [3.05, 3.63) is 41.2 Å². The van der Waals surface area contributed by atoms with Gasteiger partial charge in [0.2, 0.25) is 11.8 Å². The number of aliphatic hydroxyl groups excluding tert-OH is 1. The maximum absolute atomic E-state index is 13.7. The van der Waals surface area contributed by atoms with Gasteiger partial charge >= 0.3 is 0 Å². The number of hydrogen-bond acceptors (Lipinski definition) is 7. The van der Waals surface area contributed by atoms with Crippen LogP contribution in [0, 0.1) is 5.41 Å². The van der Waals surface area contributed by atoms with Crippen LogP contribution >= 0.6 is 11.6 Å². The summed E-state index contributed by atoms with van der Waals surface area (Å²) in [5, 5.41) is 22.0. The molecule has 1 aliphatic carbocycles. The molecule has 1 aromatic carbocycles. The minimum atomic E-state index is -3.52. The van der Waals surface area contributed by atoms with Crippen molar-refractivity contribution in [3.63, 3.8) is 0 Å². The van der Waals surface area contributed by atoms with Crippen LogP contribution in [0.25, 0.3) is 0 Å². The second-order valence-electron chi connectivity index (χ2n) is 11.0. The molecule has 2 fully saturated rings. The Bertz CT molecular complexity index is 1240. The Morgan fingerprint density at radius 3 is 2.51 bits per heavy atom. The number of benzene rings is 1. The Morgan fingerprint density at radius 2 is 1.89 bits per heavy atom. The van der Waals surface area contributed by atoms with Gasteiger partial charge < -0.3 is 15.3 Å². The molecule has 2 heterocycles. The number of β-amino-alcohol motifs (C(OH)–C–C–N with tert-alkyl or cyclic N) is 1. The summed E-state index contributed by atoms with van der Waals surface area (Å²) in [4.78, 5) is 28.4. The van der Waals surface area contributed by atoms with Crippen molar-refractivity contribution in [2.75, 3.05) is 18.8 Å². The fraction of sp³-hybridized carbons (Fsp3) is 0.600. The number of carbonyl (C=O) groups excluding carboxylic acids is 2. The van der Waals surface area contributed by atoms with Gasteiger partial charge in [-0.25, -0.2) is 13.1 Å². The summed E-state index contributed by atoms with van der Waals surface area (Å²) in [6.07, 6.45) is 3.43. The van der Waals surface area contributed by atoms with Gasteiger partial charge in [-0.2, -0.15) is 0 Å². The molecule has 2 aliphatic rings. The molecular weight excluding hydrogens is 518 g/mol. The predicted molar refractivity (Wildman–Crippen MR) is 138 cm³/mol. The van der Waals surface area contributed by atoms with Crippen molar-refractivity contribution >= 4 is 33.3 Å². The van der Waals surface area contributed by atoms with Crippen LogP contribution in [-0.2, 0) is 19.4 Å². The molecule has 1 saturated carbocycles. The first-order valence-corrected chi connectivity index (χ1v) is 14.6. The Balaban J connectivity index is 1.39. The lowest BCUT2D eigenvalue weighted by Gasteiger charge is -2.34. The normalized spacial score (nSPS) is 21.2. The zero-order valence-corrected chi connectivity index (χ0v) is 22.9. The number of halogens is 1. The Hall–Kier alpha value is -2.50. The summed E-state index contributed by atoms with van der Waals surface area (Å²) < 4.78 is 26.6. The minimum Gasteiger partial charge on any atom is -0.391 e. The molecule has 0 radical (unpaired) electrons. The molecule has 1 aliphatic heterocycles. The molecule has 0 spiro atoms. The summed E-state index contributed by atoms with van der Waals surface area (Å²) >= 11 is 5.83. The van der Waals surface area contributed by atoms with E-state index in [9.17, 15) is 23.1 Å². The maximum Gasteiger partial charge on any atom is 0.248 e. The predicted octanol–water partition coefficient (Wildman–Crippen LogP) is 2.34. The fourth-order valence-electron chi connectivity index (χ4n) is 4.68. The van der Waals surface area contributed by atoms with Crippen LogP contribution in [0.5, 0.6) is 0 Å². The van der Waals surface area contributed by atoms with Gasteiger partial charge in [-0.3, -0.25) is 9.59 Å². The number of hydrogen-bond donors (Lipinski definition) is 2. The number of amides is 2. The molecule has 1 aromatic heterocycles. The largest absolute Gasteiger partial charge is 0.391 e. The van der Waals surface area contributed by atoms with Gasteiger partial charge in [-0.1, -0.05) is 37.6 Å². The van der Waals surface area contributed by atoms with E-state index >= 15 is 0 Å². The van der Waals surface area contributed by atoms with E-state index in [0.29, 0.717) is 10.9 Å². The van der Waals surface area contributed by atoms with E-state index in [4.69, 9.17) is 11.6 Å². The van der Waals surface area contributed by atoms with Crippen LogP contribution < -0.4 is 5.32 Å². The lowest BCUT2D eigenvalue weighted by Crippen LogP contribution is -2.50. The third-order valence-electron chi connectivity index (χ3n) is 6.77. The SMILES string of the molecule is CC(C)(C)[C@@H](C(=O)N1CC(O)CC1C(=O)NCCCS(=O)(=O)c1ccc(Cl)cc1)n1cc(C2CC2)nn1. The first-order valence-electron chi connectivity index (χ1n) is 12.5. The van der Waals surface area contributed by atoms with Crippen LogP contribution in [0.15, 0.2) is 35.4 Å². The standard InChI is InChI=1S/C25H34ClN5O5S/c1-25(2,3)22(31-15-20(28-29-31)16-5-6-16)24(34)30-14-18(32)13-21(30)23(33)27-11-4-12-37(35,36)19-9-7-17(26)8-10-19/h7-10,15-16,18,21-22,32H,4-6,11-14H2,1-3H3,(H,27,33)/t18?,21?,22-/m1/s1. The van der Waals surface area contributed by atoms with E-state index in [0.717, 1.165) is 18.5 Å². The molecular formula is C25H34ClN5O5S. The highest BCUT2D eigenvalue weighted by molar-refractivity contribution is 7.91. The Kier molecular flexibility index (Phi) is 7.96. The molecule has 202 valence electrons. The second-order valence-corrected chi connectivity index (χ2v) is 13.5. The van der Waals surface area contributed by atoms with Gasteiger partial charge in [0, 0.05) is 36.6 Å². The van der Waals surface area contributed by atoms with Crippen molar-refractivity contribution < 1.29 is 23.1 Å². The average Bonchev–Trinajstić information content (AvgIpc) is 3.43. The number of aromatic nitrogens is 3. The molecule has 2 unspecified atom stereocenters. The van der Waals surface area contributed by atoms with Crippen molar-refractivity contribution in [1.29, 1.82) is 0 Å². The lowest BCUT2D eigenvalue weighted by atomic mass is 9.85. The molecule has 2 N–H and O–H groups in total. The summed E-state index contributed by atoms with van der Waals surface area (Å²) in [5.41, 5.74) is 0.349. The molecule has 10 nitrogen and oxygen atoms in total. The van der Waals surface area contributed by atoms with Crippen molar-refractivity contribution in [2.45, 2.75) is 75.5 Å². The topological polar surface area (TPSA) is 134 Å². The minimum absolute atomic E-state index is 0.0403. The molecule has 12 heteroatoms. The molecule has 2 amide bonds. The van der Waals surface area contributed by atoms with Crippen LogP contribution in [0.3, 0.4) is 0 Å². The third kappa shape index (κ3) is 6.50. The van der Waals surface area contributed by atoms with E-state index in [1.807, 2.05) is 27.0 Å². The summed E-state index contributed by atoms with van der Waals surface area (Å²) in [6, 6.07) is 4.39. The van der Waals surface area contributed by atoms with Gasteiger partial charge in [0.25, 0.3) is 0 Å². The van der Waals surface area contributed by atoms with Crippen LogP contribution in [-0.4, -0.2) is 76.2 Å². The highest BCUT2D eigenvalue weighted by atomic mass is 35.5. The zero-order valence-electron chi connectivity index (χ0n) is 21.3. The smallest absolute Gasteiger partial charge is 0.248 e. The van der Waals surface area contributed by atoms with E-state index in [-0.39, 0.29) is 42.5 Å². The summed E-state index contributed by atoms with van der Waals surface area (Å²) in [7, 11) is -3.52. The number of nitrogens with one attached hydrogen (secondary N) is 1. The van der Waals surface area contributed by atoms with Crippen molar-refractivity contribution in [2.24, 2.45) is 5.41 Å². The Labute approximate surface area is 222 Å². The molecule has 1 saturated heterocycles. The fourth-order valence-corrected chi connectivity index (χ4v) is 6.11. The van der Waals surface area contributed by atoms with Gasteiger partial charge in [0.05, 0.1) is 22.4 Å². The molecule has 4 rings (SSSR count). The zero-order chi connectivity index (χ0) is 27.0. The van der Waals surface area contributed by atoms with E-state index in [2.05, 4.69) is 15.6 Å². The lowest BCUT2D eigenvalue weighted by molar-refractivity contribution is -0.144. The number of carbonyl (C=O) groups is 2. The first-order chi connectivity index (χ1) is 17.4. The number of aliphatic hydroxyl groups is 1. The van der Waals surface area contributed by atoms with Crippen LogP contribution in [0.4, 0.5) is 0 Å². The van der Waals surface area contributed by atoms with Gasteiger partial charge in [-0.15, -0.1) is 5.10 Å². The second kappa shape index (κ2) is 10.7. The first kappa shape index (κ1) is 27.5. The van der Waals surface area contributed by atoms with Crippen molar-refractivity contribution in [3.8, 4) is 0 Å². The van der Waals surface area contributed by atoms with Gasteiger partial charge in [-0.05, 0) is 48.9 Å². The highest BCUT2D eigenvalue weighted by Crippen LogP contribution is 2.40. The maximum atomic E-state index is 13.7. The Morgan fingerprint density at radius 1 is 1.22 bits per heavy atom. The number of sulfone groups is 1. The van der Waals surface area contributed by atoms with E-state index in [1.165, 1.54) is 29.2 Å². The van der Waals surface area contributed by atoms with Crippen LogP contribution in [0.1, 0.15) is 64.1 Å². The summed E-state index contributed by atoms with van der Waals surface area (Å²) in [5.74, 6) is -0.479. The molecule has 3 atom stereocenters. The average molecular weight is 552 g/mol. The number of likely N-dealkylation sites (tertiary alicyclic amines) is 1. The third-order valence-corrected chi connectivity index (χ3v) is 8.84. The highest BCUT2D eigenvalue weighted by Gasteiger charge is 2.45. The van der Waals surface area contributed by atoms with E-state index in [1.54, 1.807) is 4.68 Å². The van der Waals surface area contributed by atoms with E-state index < -0.39 is 39.3 Å². The molecule has 0 bridgehead atoms.